The van der Waals surface area contributed by atoms with Crippen molar-refractivity contribution < 1.29 is 13.2 Å². The second-order valence-corrected chi connectivity index (χ2v) is 10.5. The molecule has 1 atom stereocenters. The number of nitrogens with one attached hydrogen (secondary N) is 1. The number of halogens is 2. The lowest BCUT2D eigenvalue weighted by Crippen LogP contribution is -2.41. The molecule has 3 rings (SSSR count). The molecule has 1 aliphatic rings. The third kappa shape index (κ3) is 6.28. The molecule has 1 aliphatic heterocycles. The van der Waals surface area contributed by atoms with E-state index in [1.165, 1.54) is 37.1 Å². The van der Waals surface area contributed by atoms with E-state index >= 15 is 0 Å². The van der Waals surface area contributed by atoms with Crippen LogP contribution in [-0.2, 0) is 14.8 Å². The molecule has 0 saturated carbocycles. The number of rotatable bonds is 7. The predicted octanol–water partition coefficient (Wildman–Crippen LogP) is 4.63. The fourth-order valence-electron chi connectivity index (χ4n) is 3.68. The first-order chi connectivity index (χ1) is 14.6. The molecule has 0 bridgehead atoms. The van der Waals surface area contributed by atoms with Crippen molar-refractivity contribution in [3.63, 3.8) is 0 Å². The number of hydrogen-bond donors (Lipinski definition) is 1. The lowest BCUT2D eigenvalue weighted by atomic mass is 10.1. The van der Waals surface area contributed by atoms with E-state index in [2.05, 4.69) is 22.3 Å². The fraction of sp³-hybridized carbons (Fsp3) is 0.409. The minimum Gasteiger partial charge on any atom is -0.372 e. The minimum atomic E-state index is -3.75. The molecule has 168 valence electrons. The summed E-state index contributed by atoms with van der Waals surface area (Å²) in [6.45, 7) is 3.61. The monoisotopic (exact) mass is 483 g/mol. The summed E-state index contributed by atoms with van der Waals surface area (Å²) in [7, 11) is -3.75. The van der Waals surface area contributed by atoms with Crippen LogP contribution in [0.4, 0.5) is 11.4 Å². The van der Waals surface area contributed by atoms with E-state index in [-0.39, 0.29) is 16.8 Å². The van der Waals surface area contributed by atoms with Gasteiger partial charge in [-0.1, -0.05) is 35.3 Å². The molecule has 6 nitrogen and oxygen atoms in total. The average Bonchev–Trinajstić information content (AvgIpc) is 2.74. The van der Waals surface area contributed by atoms with Crippen molar-refractivity contribution in [1.29, 1.82) is 0 Å². The van der Waals surface area contributed by atoms with Gasteiger partial charge in [0.25, 0.3) is 0 Å². The third-order valence-corrected chi connectivity index (χ3v) is 7.04. The molecule has 1 N–H and O–H groups in total. The summed E-state index contributed by atoms with van der Waals surface area (Å²) in [5.41, 5.74) is 2.30. The lowest BCUT2D eigenvalue weighted by Gasteiger charge is -2.29. The van der Waals surface area contributed by atoms with E-state index in [9.17, 15) is 13.2 Å². The summed E-state index contributed by atoms with van der Waals surface area (Å²) < 4.78 is 25.6. The maximum Gasteiger partial charge on any atom is 0.241 e. The van der Waals surface area contributed by atoms with Gasteiger partial charge in [0, 0.05) is 23.8 Å². The Morgan fingerprint density at radius 2 is 1.74 bits per heavy atom. The summed E-state index contributed by atoms with van der Waals surface area (Å²) in [5.74, 6) is -0.436. The quantitative estimate of drug-likeness (QED) is 0.623. The molecule has 2 aromatic carbocycles. The Bertz CT molecular complexity index is 1020. The van der Waals surface area contributed by atoms with Crippen LogP contribution in [0.2, 0.25) is 10.0 Å². The normalized spacial score (nSPS) is 15.4. The average molecular weight is 484 g/mol. The van der Waals surface area contributed by atoms with Crippen LogP contribution in [0.25, 0.3) is 0 Å². The van der Waals surface area contributed by atoms with Gasteiger partial charge in [-0.2, -0.15) is 0 Å². The highest BCUT2D eigenvalue weighted by Crippen LogP contribution is 2.30. The van der Waals surface area contributed by atoms with Crippen LogP contribution in [0.5, 0.6) is 0 Å². The van der Waals surface area contributed by atoms with Crippen LogP contribution < -0.4 is 14.5 Å². The molecule has 1 unspecified atom stereocenters. The molecule has 0 aromatic heterocycles. The first-order valence-electron chi connectivity index (χ1n) is 10.2. The highest BCUT2D eigenvalue weighted by atomic mass is 35.5. The second-order valence-electron chi connectivity index (χ2n) is 7.79. The van der Waals surface area contributed by atoms with Crippen LogP contribution in [0, 0.1) is 0 Å². The van der Waals surface area contributed by atoms with E-state index in [1.807, 2.05) is 19.1 Å². The smallest absolute Gasteiger partial charge is 0.241 e. The molecule has 31 heavy (non-hydrogen) atoms. The van der Waals surface area contributed by atoms with Gasteiger partial charge >= 0.3 is 0 Å². The van der Waals surface area contributed by atoms with Gasteiger partial charge < -0.3 is 10.2 Å². The molecule has 1 fully saturated rings. The Morgan fingerprint density at radius 3 is 2.35 bits per heavy atom. The maximum atomic E-state index is 12.7. The van der Waals surface area contributed by atoms with Gasteiger partial charge in [0.05, 0.1) is 23.0 Å². The Morgan fingerprint density at radius 1 is 1.10 bits per heavy atom. The molecular formula is C22H27Cl2N3O3S. The topological polar surface area (TPSA) is 69.7 Å². The van der Waals surface area contributed by atoms with Crippen molar-refractivity contribution in [3.05, 3.63) is 58.1 Å². The number of carbonyl (C=O) groups is 1. The van der Waals surface area contributed by atoms with E-state index in [0.29, 0.717) is 5.02 Å². The van der Waals surface area contributed by atoms with Crippen LogP contribution in [0.1, 0.15) is 37.8 Å². The van der Waals surface area contributed by atoms with Crippen LogP contribution in [0.15, 0.2) is 42.5 Å². The summed E-state index contributed by atoms with van der Waals surface area (Å²) in [6.07, 6.45) is 4.73. The Hall–Kier alpha value is -1.96. The van der Waals surface area contributed by atoms with Crippen molar-refractivity contribution in [2.45, 2.75) is 32.2 Å². The van der Waals surface area contributed by atoms with Gasteiger partial charge in [0.15, 0.2) is 0 Å². The summed E-state index contributed by atoms with van der Waals surface area (Å²) in [4.78, 5) is 15.0. The van der Waals surface area contributed by atoms with E-state index in [4.69, 9.17) is 23.2 Å². The molecule has 0 radical (unpaired) electrons. The summed E-state index contributed by atoms with van der Waals surface area (Å²) >= 11 is 12.2. The van der Waals surface area contributed by atoms with Gasteiger partial charge in [-0.15, -0.1) is 0 Å². The zero-order valence-corrected chi connectivity index (χ0v) is 20.0. The highest BCUT2D eigenvalue weighted by molar-refractivity contribution is 7.92. The number of benzene rings is 2. The molecule has 9 heteroatoms. The highest BCUT2D eigenvalue weighted by Gasteiger charge is 2.24. The number of piperidine rings is 1. The van der Waals surface area contributed by atoms with Crippen molar-refractivity contribution in [3.8, 4) is 0 Å². The van der Waals surface area contributed by atoms with Crippen molar-refractivity contribution >= 4 is 50.5 Å². The lowest BCUT2D eigenvalue weighted by molar-refractivity contribution is -0.120. The predicted molar refractivity (Wildman–Crippen MR) is 128 cm³/mol. The SMILES string of the molecule is CC(NC(=O)CN(c1cc(Cl)ccc1Cl)S(C)(=O)=O)c1ccc(N2CCCCC2)cc1. The number of nitrogens with zero attached hydrogens (tertiary/aromatic N) is 2. The number of hydrogen-bond acceptors (Lipinski definition) is 4. The molecule has 2 aromatic rings. The van der Waals surface area contributed by atoms with Crippen molar-refractivity contribution in [1.82, 2.24) is 5.32 Å². The number of anilines is 2. The Balaban J connectivity index is 1.68. The van der Waals surface area contributed by atoms with Gasteiger partial charge in [-0.25, -0.2) is 8.42 Å². The first-order valence-corrected chi connectivity index (χ1v) is 12.8. The molecule has 1 heterocycles. The van der Waals surface area contributed by atoms with Gasteiger partial charge in [-0.05, 0) is 62.1 Å². The molecule has 1 amide bonds. The van der Waals surface area contributed by atoms with E-state index < -0.39 is 22.5 Å². The zero-order valence-electron chi connectivity index (χ0n) is 17.6. The van der Waals surface area contributed by atoms with Gasteiger partial charge in [0.2, 0.25) is 15.9 Å². The Kier molecular flexibility index (Phi) is 7.73. The van der Waals surface area contributed by atoms with Crippen LogP contribution >= 0.6 is 23.2 Å². The van der Waals surface area contributed by atoms with Gasteiger partial charge in [-0.3, -0.25) is 9.10 Å². The third-order valence-electron chi connectivity index (χ3n) is 5.36. The number of carbonyl (C=O) groups excluding carboxylic acids is 1. The first kappa shape index (κ1) is 23.7. The maximum absolute atomic E-state index is 12.7. The standard InChI is InChI=1S/C22H27Cl2N3O3S/c1-16(17-6-9-19(10-7-17)26-12-4-3-5-13-26)25-22(28)15-27(31(2,29)30)21-14-18(23)8-11-20(21)24/h6-11,14,16H,3-5,12-13,15H2,1-2H3,(H,25,28). The van der Waals surface area contributed by atoms with Crippen molar-refractivity contribution in [2.24, 2.45) is 0 Å². The van der Waals surface area contributed by atoms with Crippen molar-refractivity contribution in [2.75, 3.05) is 35.1 Å². The zero-order chi connectivity index (χ0) is 22.6. The number of amides is 1. The van der Waals surface area contributed by atoms with Crippen LogP contribution in [0.3, 0.4) is 0 Å². The second kappa shape index (κ2) is 10.1. The molecule has 1 saturated heterocycles. The Labute approximate surface area is 194 Å². The minimum absolute atomic E-state index is 0.172. The van der Waals surface area contributed by atoms with Crippen LogP contribution in [-0.4, -0.2) is 40.2 Å². The largest absolute Gasteiger partial charge is 0.372 e. The van der Waals surface area contributed by atoms with Gasteiger partial charge in [0.1, 0.15) is 6.54 Å². The summed E-state index contributed by atoms with van der Waals surface area (Å²) in [5, 5.41) is 3.39. The van der Waals surface area contributed by atoms with E-state index in [0.717, 1.165) is 29.2 Å². The molecular weight excluding hydrogens is 457 g/mol. The molecule has 0 spiro atoms. The fourth-order valence-corrected chi connectivity index (χ4v) is 4.98. The van der Waals surface area contributed by atoms with E-state index in [1.54, 1.807) is 6.07 Å². The summed E-state index contributed by atoms with van der Waals surface area (Å²) in [6, 6.07) is 12.3. The molecule has 0 aliphatic carbocycles. The number of sulfonamides is 1.